The van der Waals surface area contributed by atoms with Gasteiger partial charge in [0.25, 0.3) is 5.91 Å². The highest BCUT2D eigenvalue weighted by molar-refractivity contribution is 6.06. The second-order valence-corrected chi connectivity index (χ2v) is 6.24. The molecule has 3 rings (SSSR count). The summed E-state index contributed by atoms with van der Waals surface area (Å²) in [6, 6.07) is 12.3. The molecular weight excluding hydrogens is 316 g/mol. The van der Waals surface area contributed by atoms with Gasteiger partial charge in [-0.05, 0) is 50.1 Å². The summed E-state index contributed by atoms with van der Waals surface area (Å²) in [6.45, 7) is 4.05. The van der Waals surface area contributed by atoms with Crippen molar-refractivity contribution in [3.05, 3.63) is 59.2 Å². The molecular formula is C20H20N2O3. The van der Waals surface area contributed by atoms with Gasteiger partial charge in [0.2, 0.25) is 5.91 Å². The normalized spacial score (nSPS) is 13.8. The molecule has 1 aliphatic heterocycles. The largest absolute Gasteiger partial charge is 0.322 e. The van der Waals surface area contributed by atoms with E-state index >= 15 is 0 Å². The van der Waals surface area contributed by atoms with Crippen molar-refractivity contribution in [1.29, 1.82) is 0 Å². The van der Waals surface area contributed by atoms with E-state index in [1.54, 1.807) is 35.2 Å². The van der Waals surface area contributed by atoms with Crippen molar-refractivity contribution in [2.24, 2.45) is 0 Å². The second-order valence-electron chi connectivity index (χ2n) is 6.24. The smallest absolute Gasteiger partial charge is 0.255 e. The number of benzene rings is 2. The Hall–Kier alpha value is -2.95. The molecule has 0 unspecified atom stereocenters. The van der Waals surface area contributed by atoms with Crippen LogP contribution in [0.5, 0.6) is 0 Å². The van der Waals surface area contributed by atoms with Gasteiger partial charge in [-0.3, -0.25) is 14.4 Å². The molecule has 1 fully saturated rings. The average Bonchev–Trinajstić information content (AvgIpc) is 3.02. The third kappa shape index (κ3) is 3.60. The molecule has 0 spiro atoms. The molecule has 0 aliphatic carbocycles. The molecule has 2 aromatic rings. The fraction of sp³-hybridized carbons (Fsp3) is 0.250. The summed E-state index contributed by atoms with van der Waals surface area (Å²) >= 11 is 0. The molecule has 1 heterocycles. The molecule has 0 saturated carbocycles. The topological polar surface area (TPSA) is 66.5 Å². The molecule has 2 aromatic carbocycles. The van der Waals surface area contributed by atoms with Crippen LogP contribution in [0, 0.1) is 6.92 Å². The van der Waals surface area contributed by atoms with E-state index in [0.717, 1.165) is 17.7 Å². The van der Waals surface area contributed by atoms with E-state index in [4.69, 9.17) is 0 Å². The quantitative estimate of drug-likeness (QED) is 0.868. The Morgan fingerprint density at radius 2 is 1.88 bits per heavy atom. The first-order valence-corrected chi connectivity index (χ1v) is 8.29. The van der Waals surface area contributed by atoms with E-state index in [1.807, 2.05) is 19.1 Å². The van der Waals surface area contributed by atoms with Gasteiger partial charge in [-0.15, -0.1) is 0 Å². The van der Waals surface area contributed by atoms with Crippen LogP contribution in [-0.2, 0) is 4.79 Å². The number of ketones is 1. The van der Waals surface area contributed by atoms with Crippen LogP contribution in [0.2, 0.25) is 0 Å². The maximum absolute atomic E-state index is 12.6. The van der Waals surface area contributed by atoms with Gasteiger partial charge in [0.05, 0.1) is 0 Å². The van der Waals surface area contributed by atoms with Gasteiger partial charge >= 0.3 is 0 Å². The van der Waals surface area contributed by atoms with Crippen LogP contribution in [0.3, 0.4) is 0 Å². The Balaban J connectivity index is 1.83. The van der Waals surface area contributed by atoms with Crippen molar-refractivity contribution in [3.8, 4) is 0 Å². The number of aryl methyl sites for hydroxylation is 1. The summed E-state index contributed by atoms with van der Waals surface area (Å²) in [6.07, 6.45) is 1.39. The van der Waals surface area contributed by atoms with Gasteiger partial charge in [-0.2, -0.15) is 0 Å². The predicted octanol–water partition coefficient (Wildman–Crippen LogP) is 3.58. The minimum atomic E-state index is -0.266. The lowest BCUT2D eigenvalue weighted by Gasteiger charge is -2.16. The molecule has 1 aliphatic rings. The van der Waals surface area contributed by atoms with Gasteiger partial charge in [0.1, 0.15) is 0 Å². The number of carbonyl (C=O) groups is 3. The van der Waals surface area contributed by atoms with E-state index in [1.165, 1.54) is 6.92 Å². The number of Topliss-reactive ketones (excluding diaryl/α,β-unsaturated/α-hetero) is 1. The molecule has 2 amide bonds. The van der Waals surface area contributed by atoms with Gasteiger partial charge in [0.15, 0.2) is 5.78 Å². The van der Waals surface area contributed by atoms with E-state index in [0.29, 0.717) is 29.8 Å². The zero-order valence-electron chi connectivity index (χ0n) is 14.3. The minimum absolute atomic E-state index is 0.0509. The number of nitrogens with one attached hydrogen (secondary N) is 1. The molecule has 0 aromatic heterocycles. The Morgan fingerprint density at radius 3 is 2.56 bits per heavy atom. The fourth-order valence-electron chi connectivity index (χ4n) is 2.91. The number of nitrogens with zero attached hydrogens (tertiary/aromatic N) is 1. The highest BCUT2D eigenvalue weighted by atomic mass is 16.2. The summed E-state index contributed by atoms with van der Waals surface area (Å²) in [4.78, 5) is 37.7. The van der Waals surface area contributed by atoms with Crippen molar-refractivity contribution in [2.75, 3.05) is 16.8 Å². The van der Waals surface area contributed by atoms with Crippen LogP contribution in [0.15, 0.2) is 42.5 Å². The van der Waals surface area contributed by atoms with Crippen molar-refractivity contribution in [3.63, 3.8) is 0 Å². The number of carbonyl (C=O) groups excluding carboxylic acids is 3. The van der Waals surface area contributed by atoms with Crippen molar-refractivity contribution in [2.45, 2.75) is 26.7 Å². The predicted molar refractivity (Wildman–Crippen MR) is 97.2 cm³/mol. The molecule has 0 bridgehead atoms. The third-order valence-electron chi connectivity index (χ3n) is 4.39. The van der Waals surface area contributed by atoms with E-state index in [-0.39, 0.29) is 17.6 Å². The Labute approximate surface area is 146 Å². The second kappa shape index (κ2) is 6.89. The van der Waals surface area contributed by atoms with Crippen LogP contribution < -0.4 is 10.2 Å². The molecule has 0 atom stereocenters. The maximum Gasteiger partial charge on any atom is 0.255 e. The summed E-state index contributed by atoms with van der Waals surface area (Å²) in [7, 11) is 0. The number of amides is 2. The lowest BCUT2D eigenvalue weighted by atomic mass is 10.1. The summed E-state index contributed by atoms with van der Waals surface area (Å²) < 4.78 is 0. The van der Waals surface area contributed by atoms with E-state index < -0.39 is 0 Å². The fourth-order valence-corrected chi connectivity index (χ4v) is 2.91. The number of hydrogen-bond acceptors (Lipinski definition) is 3. The highest BCUT2D eigenvalue weighted by Gasteiger charge is 2.22. The highest BCUT2D eigenvalue weighted by Crippen LogP contribution is 2.23. The monoisotopic (exact) mass is 336 g/mol. The third-order valence-corrected chi connectivity index (χ3v) is 4.39. The first-order chi connectivity index (χ1) is 12.0. The Morgan fingerprint density at radius 1 is 1.08 bits per heavy atom. The van der Waals surface area contributed by atoms with Crippen LogP contribution in [0.4, 0.5) is 11.4 Å². The molecule has 5 nitrogen and oxygen atoms in total. The SMILES string of the molecule is CC(=O)c1ccc(C)c(NC(=O)c2cccc(N3CCCC3=O)c2)c1. The molecule has 25 heavy (non-hydrogen) atoms. The Bertz CT molecular complexity index is 858. The minimum Gasteiger partial charge on any atom is -0.322 e. The molecule has 0 radical (unpaired) electrons. The van der Waals surface area contributed by atoms with E-state index in [9.17, 15) is 14.4 Å². The number of hydrogen-bond donors (Lipinski definition) is 1. The Kier molecular flexibility index (Phi) is 4.65. The number of anilines is 2. The van der Waals surface area contributed by atoms with Crippen LogP contribution in [0.1, 0.15) is 46.0 Å². The summed E-state index contributed by atoms with van der Waals surface area (Å²) in [5.74, 6) is -0.232. The first-order valence-electron chi connectivity index (χ1n) is 8.29. The summed E-state index contributed by atoms with van der Waals surface area (Å²) in [5, 5.41) is 2.86. The molecule has 5 heteroatoms. The van der Waals surface area contributed by atoms with Gasteiger partial charge in [-0.1, -0.05) is 18.2 Å². The van der Waals surface area contributed by atoms with Crippen molar-refractivity contribution < 1.29 is 14.4 Å². The molecule has 1 saturated heterocycles. The van der Waals surface area contributed by atoms with E-state index in [2.05, 4.69) is 5.32 Å². The zero-order valence-corrected chi connectivity index (χ0v) is 14.3. The van der Waals surface area contributed by atoms with Crippen molar-refractivity contribution >= 4 is 29.0 Å². The van der Waals surface area contributed by atoms with Crippen molar-refractivity contribution in [1.82, 2.24) is 0 Å². The molecule has 128 valence electrons. The zero-order chi connectivity index (χ0) is 18.0. The summed E-state index contributed by atoms with van der Waals surface area (Å²) in [5.41, 5.74) is 3.26. The maximum atomic E-state index is 12.6. The van der Waals surface area contributed by atoms with Gasteiger partial charge in [-0.25, -0.2) is 0 Å². The standard InChI is InChI=1S/C20H20N2O3/c1-13-8-9-15(14(2)23)12-18(13)21-20(25)16-5-3-6-17(11-16)22-10-4-7-19(22)24/h3,5-6,8-9,11-12H,4,7,10H2,1-2H3,(H,21,25). The van der Waals surface area contributed by atoms with Crippen LogP contribution in [-0.4, -0.2) is 24.1 Å². The average molecular weight is 336 g/mol. The number of rotatable bonds is 4. The lowest BCUT2D eigenvalue weighted by Crippen LogP contribution is -2.24. The molecule has 1 N–H and O–H groups in total. The van der Waals surface area contributed by atoms with Gasteiger partial charge < -0.3 is 10.2 Å². The lowest BCUT2D eigenvalue weighted by molar-refractivity contribution is -0.117. The first kappa shape index (κ1) is 16.9. The van der Waals surface area contributed by atoms with Crippen LogP contribution in [0.25, 0.3) is 0 Å². The van der Waals surface area contributed by atoms with Crippen LogP contribution >= 0.6 is 0 Å². The van der Waals surface area contributed by atoms with Gasteiger partial charge in [0, 0.05) is 35.5 Å².